The van der Waals surface area contributed by atoms with Crippen molar-refractivity contribution in [2.45, 2.75) is 18.9 Å². The summed E-state index contributed by atoms with van der Waals surface area (Å²) in [6.07, 6.45) is 5.60. The third kappa shape index (κ3) is 2.06. The molecule has 2 aromatic rings. The monoisotopic (exact) mass is 286 g/mol. The van der Waals surface area contributed by atoms with E-state index in [-0.39, 0.29) is 12.0 Å². The number of rotatable bonds is 2. The highest BCUT2D eigenvalue weighted by Crippen LogP contribution is 2.24. The first-order chi connectivity index (χ1) is 10.2. The van der Waals surface area contributed by atoms with Gasteiger partial charge in [-0.2, -0.15) is 5.10 Å². The number of aliphatic hydroxyl groups is 1. The van der Waals surface area contributed by atoms with Crippen LogP contribution in [0.1, 0.15) is 23.2 Å². The Hall–Kier alpha value is -2.08. The van der Waals surface area contributed by atoms with Gasteiger partial charge in [-0.15, -0.1) is 0 Å². The fraction of sp³-hybridized carbons (Fsp3) is 0.467. The van der Waals surface area contributed by atoms with E-state index >= 15 is 0 Å². The van der Waals surface area contributed by atoms with Crippen molar-refractivity contribution in [3.63, 3.8) is 0 Å². The second-order valence-electron chi connectivity index (χ2n) is 5.83. The van der Waals surface area contributed by atoms with Crippen LogP contribution in [0.15, 0.2) is 24.5 Å². The number of anilines is 1. The van der Waals surface area contributed by atoms with Crippen LogP contribution in [-0.4, -0.2) is 57.8 Å². The van der Waals surface area contributed by atoms with E-state index in [2.05, 4.69) is 10.00 Å². The molecule has 0 unspecified atom stereocenters. The number of likely N-dealkylation sites (tertiary alicyclic amines) is 1. The Balaban J connectivity index is 1.68. The van der Waals surface area contributed by atoms with Gasteiger partial charge in [-0.25, -0.2) is 4.52 Å². The molecule has 6 heteroatoms. The van der Waals surface area contributed by atoms with Crippen molar-refractivity contribution in [3.05, 3.63) is 30.1 Å². The predicted molar refractivity (Wildman–Crippen MR) is 78.5 cm³/mol. The molecule has 110 valence electrons. The van der Waals surface area contributed by atoms with Gasteiger partial charge in [-0.3, -0.25) is 4.79 Å². The number of carbonyl (C=O) groups excluding carboxylic acids is 1. The van der Waals surface area contributed by atoms with Gasteiger partial charge in [0, 0.05) is 38.1 Å². The highest BCUT2D eigenvalue weighted by atomic mass is 16.3. The molecular weight excluding hydrogens is 268 g/mol. The van der Waals surface area contributed by atoms with E-state index in [1.54, 1.807) is 15.6 Å². The lowest BCUT2D eigenvalue weighted by molar-refractivity contribution is 0.00602. The average Bonchev–Trinajstić information content (AvgIpc) is 3.11. The number of amides is 1. The van der Waals surface area contributed by atoms with Crippen LogP contribution in [0.3, 0.4) is 0 Å². The Kier molecular flexibility index (Phi) is 2.85. The van der Waals surface area contributed by atoms with Crippen molar-refractivity contribution in [1.82, 2.24) is 14.5 Å². The molecule has 2 saturated heterocycles. The number of fused-ring (bicyclic) bond motifs is 1. The van der Waals surface area contributed by atoms with Crippen molar-refractivity contribution < 1.29 is 9.90 Å². The summed E-state index contributed by atoms with van der Waals surface area (Å²) in [5.41, 5.74) is 2.60. The van der Waals surface area contributed by atoms with Gasteiger partial charge in [0.25, 0.3) is 5.91 Å². The minimum absolute atomic E-state index is 0.0473. The molecule has 0 aliphatic carbocycles. The van der Waals surface area contributed by atoms with Crippen molar-refractivity contribution in [3.8, 4) is 0 Å². The molecule has 0 atom stereocenters. The van der Waals surface area contributed by atoms with Crippen LogP contribution in [0.25, 0.3) is 5.52 Å². The van der Waals surface area contributed by atoms with Crippen LogP contribution >= 0.6 is 0 Å². The number of carbonyl (C=O) groups is 1. The first kappa shape index (κ1) is 12.6. The molecule has 4 heterocycles. The minimum atomic E-state index is -0.379. The summed E-state index contributed by atoms with van der Waals surface area (Å²) in [4.78, 5) is 16.4. The van der Waals surface area contributed by atoms with Gasteiger partial charge in [0.2, 0.25) is 0 Å². The number of hydrogen-bond acceptors (Lipinski definition) is 4. The SMILES string of the molecule is O=C(c1cnn2ccc(N3CCCC3)cc12)N1CC(O)C1. The largest absolute Gasteiger partial charge is 0.389 e. The van der Waals surface area contributed by atoms with Crippen LogP contribution in [0.5, 0.6) is 0 Å². The minimum Gasteiger partial charge on any atom is -0.389 e. The maximum absolute atomic E-state index is 12.4. The number of nitrogens with zero attached hydrogens (tertiary/aromatic N) is 4. The second kappa shape index (κ2) is 4.73. The third-order valence-corrected chi connectivity index (χ3v) is 4.36. The molecule has 0 saturated carbocycles. The topological polar surface area (TPSA) is 61.1 Å². The summed E-state index contributed by atoms with van der Waals surface area (Å²) in [5.74, 6) is -0.0473. The first-order valence-electron chi connectivity index (χ1n) is 7.42. The Morgan fingerprint density at radius 2 is 2.05 bits per heavy atom. The predicted octanol–water partition coefficient (Wildman–Crippen LogP) is 0.751. The molecule has 0 spiro atoms. The van der Waals surface area contributed by atoms with Crippen LogP contribution in [0, 0.1) is 0 Å². The molecule has 0 aromatic carbocycles. The molecule has 1 N–H and O–H groups in total. The van der Waals surface area contributed by atoms with E-state index < -0.39 is 0 Å². The zero-order chi connectivity index (χ0) is 14.4. The van der Waals surface area contributed by atoms with E-state index in [1.807, 2.05) is 18.3 Å². The Morgan fingerprint density at radius 3 is 2.76 bits per heavy atom. The number of β-amino-alcohol motifs (C(OH)–C–C–N with tert-alkyl or cyclic N) is 1. The number of pyridine rings is 1. The first-order valence-corrected chi connectivity index (χ1v) is 7.42. The van der Waals surface area contributed by atoms with Crippen molar-refractivity contribution in [2.75, 3.05) is 31.1 Å². The molecule has 2 aromatic heterocycles. The van der Waals surface area contributed by atoms with E-state index in [4.69, 9.17) is 0 Å². The summed E-state index contributed by atoms with van der Waals surface area (Å²) < 4.78 is 1.74. The lowest BCUT2D eigenvalue weighted by Gasteiger charge is -2.35. The quantitative estimate of drug-likeness (QED) is 0.885. The third-order valence-electron chi connectivity index (χ3n) is 4.36. The van der Waals surface area contributed by atoms with Gasteiger partial charge < -0.3 is 14.9 Å². The molecule has 21 heavy (non-hydrogen) atoms. The Labute approximate surface area is 122 Å². The molecule has 6 nitrogen and oxygen atoms in total. The van der Waals surface area contributed by atoms with Crippen molar-refractivity contribution in [2.24, 2.45) is 0 Å². The molecule has 1 amide bonds. The van der Waals surface area contributed by atoms with Crippen LogP contribution in [0.2, 0.25) is 0 Å². The van der Waals surface area contributed by atoms with Crippen LogP contribution in [0.4, 0.5) is 5.69 Å². The van der Waals surface area contributed by atoms with Gasteiger partial charge in [0.15, 0.2) is 0 Å². The molecule has 0 radical (unpaired) electrons. The molecular formula is C15H18N4O2. The van der Waals surface area contributed by atoms with Gasteiger partial charge in [-0.1, -0.05) is 0 Å². The highest BCUT2D eigenvalue weighted by Gasteiger charge is 2.31. The average molecular weight is 286 g/mol. The summed E-state index contributed by atoms with van der Waals surface area (Å²) in [6.45, 7) is 2.99. The number of aliphatic hydroxyl groups excluding tert-OH is 1. The fourth-order valence-electron chi connectivity index (χ4n) is 3.10. The maximum atomic E-state index is 12.4. The van der Waals surface area contributed by atoms with Crippen molar-refractivity contribution >= 4 is 17.1 Å². The molecule has 4 rings (SSSR count). The molecule has 2 aliphatic heterocycles. The van der Waals surface area contributed by atoms with E-state index in [9.17, 15) is 9.90 Å². The van der Waals surface area contributed by atoms with E-state index in [0.717, 1.165) is 24.3 Å². The summed E-state index contributed by atoms with van der Waals surface area (Å²) in [5, 5.41) is 13.6. The smallest absolute Gasteiger partial charge is 0.257 e. The molecule has 2 aliphatic rings. The second-order valence-corrected chi connectivity index (χ2v) is 5.83. The zero-order valence-corrected chi connectivity index (χ0v) is 11.8. The maximum Gasteiger partial charge on any atom is 0.257 e. The van der Waals surface area contributed by atoms with Crippen molar-refractivity contribution in [1.29, 1.82) is 0 Å². The lowest BCUT2D eigenvalue weighted by atomic mass is 10.1. The standard InChI is InChI=1S/C15H18N4O2/c20-12-9-18(10-12)15(21)13-8-16-19-6-3-11(7-14(13)19)17-4-1-2-5-17/h3,6-8,12,20H,1-2,4-5,9-10H2. The Bertz CT molecular complexity index is 684. The van der Waals surface area contributed by atoms with Gasteiger partial charge in [-0.05, 0) is 25.0 Å². The molecule has 2 fully saturated rings. The lowest BCUT2D eigenvalue weighted by Crippen LogP contribution is -2.53. The fourth-order valence-corrected chi connectivity index (χ4v) is 3.10. The van der Waals surface area contributed by atoms with E-state index in [0.29, 0.717) is 18.7 Å². The summed E-state index contributed by atoms with van der Waals surface area (Å²) in [7, 11) is 0. The summed E-state index contributed by atoms with van der Waals surface area (Å²) >= 11 is 0. The van der Waals surface area contributed by atoms with Gasteiger partial charge >= 0.3 is 0 Å². The number of aromatic nitrogens is 2. The Morgan fingerprint density at radius 1 is 1.29 bits per heavy atom. The summed E-state index contributed by atoms with van der Waals surface area (Å²) in [6, 6.07) is 4.09. The molecule has 0 bridgehead atoms. The normalized spacial score (nSPS) is 19.3. The van der Waals surface area contributed by atoms with Gasteiger partial charge in [0.05, 0.1) is 23.4 Å². The zero-order valence-electron chi connectivity index (χ0n) is 11.8. The van der Waals surface area contributed by atoms with Crippen LogP contribution in [-0.2, 0) is 0 Å². The van der Waals surface area contributed by atoms with Crippen LogP contribution < -0.4 is 4.90 Å². The highest BCUT2D eigenvalue weighted by molar-refractivity contribution is 6.01. The van der Waals surface area contributed by atoms with Gasteiger partial charge in [0.1, 0.15) is 0 Å². The number of hydrogen-bond donors (Lipinski definition) is 1. The van der Waals surface area contributed by atoms with E-state index in [1.165, 1.54) is 12.8 Å².